The first-order chi connectivity index (χ1) is 5.41. The zero-order valence-electron chi connectivity index (χ0n) is 7.16. The van der Waals surface area contributed by atoms with Gasteiger partial charge in [-0.25, -0.2) is 0 Å². The summed E-state index contributed by atoms with van der Waals surface area (Å²) in [6.07, 6.45) is 16.3. The third-order valence-electron chi connectivity index (χ3n) is 1.17. The monoisotopic (exact) mass is 148 g/mol. The molecule has 0 N–H and O–H groups in total. The molecule has 0 spiro atoms. The Hall–Kier alpha value is -1.04. The molecule has 0 saturated heterocycles. The molecule has 0 aliphatic rings. The summed E-state index contributed by atoms with van der Waals surface area (Å²) in [4.78, 5) is 0. The Balaban J connectivity index is 3.36. The molecule has 0 amide bonds. The summed E-state index contributed by atoms with van der Waals surface area (Å²) in [5.74, 6) is 0. The maximum absolute atomic E-state index is 3.57. The Morgan fingerprint density at radius 3 is 2.45 bits per heavy atom. The van der Waals surface area contributed by atoms with E-state index >= 15 is 0 Å². The molecule has 0 aromatic rings. The Kier molecular flexibility index (Phi) is 8.11. The fourth-order valence-corrected chi connectivity index (χ4v) is 0.641. The summed E-state index contributed by atoms with van der Waals surface area (Å²) < 4.78 is 0. The van der Waals surface area contributed by atoms with E-state index in [-0.39, 0.29) is 0 Å². The fourth-order valence-electron chi connectivity index (χ4n) is 0.641. The van der Waals surface area contributed by atoms with Gasteiger partial charge in [0, 0.05) is 0 Å². The Morgan fingerprint density at radius 2 is 1.82 bits per heavy atom. The van der Waals surface area contributed by atoms with Crippen molar-refractivity contribution in [3.8, 4) is 0 Å². The Labute approximate surface area is 69.6 Å². The van der Waals surface area contributed by atoms with Gasteiger partial charge in [0.1, 0.15) is 0 Å². The predicted molar refractivity (Wildman–Crippen MR) is 52.5 cm³/mol. The fraction of sp³-hybridized carbons (Fsp3) is 0.273. The van der Waals surface area contributed by atoms with Crippen molar-refractivity contribution < 1.29 is 0 Å². The number of allylic oxidation sites excluding steroid dienone is 7. The van der Waals surface area contributed by atoms with Gasteiger partial charge in [-0.05, 0) is 12.8 Å². The van der Waals surface area contributed by atoms with E-state index in [1.54, 1.807) is 6.08 Å². The molecule has 0 aliphatic carbocycles. The zero-order valence-corrected chi connectivity index (χ0v) is 7.16. The van der Waals surface area contributed by atoms with E-state index in [0.29, 0.717) is 0 Å². The molecule has 0 nitrogen and oxygen atoms in total. The number of hydrogen-bond acceptors (Lipinski definition) is 0. The van der Waals surface area contributed by atoms with E-state index in [1.165, 1.54) is 0 Å². The molecular formula is C11H16. The highest BCUT2D eigenvalue weighted by Gasteiger charge is 1.67. The molecule has 0 heteroatoms. The van der Waals surface area contributed by atoms with Crippen LogP contribution in [0.3, 0.4) is 0 Å². The maximum atomic E-state index is 3.57. The SMILES string of the molecule is C=C/C=C/C=C/C/C=C\CC. The van der Waals surface area contributed by atoms with Crippen molar-refractivity contribution >= 4 is 0 Å². The molecule has 0 heterocycles. The van der Waals surface area contributed by atoms with Gasteiger partial charge in [0.05, 0.1) is 0 Å². The molecule has 0 rings (SSSR count). The van der Waals surface area contributed by atoms with E-state index in [9.17, 15) is 0 Å². The van der Waals surface area contributed by atoms with Crippen LogP contribution in [-0.4, -0.2) is 0 Å². The lowest BCUT2D eigenvalue weighted by Gasteiger charge is -1.79. The van der Waals surface area contributed by atoms with Gasteiger partial charge in [-0.1, -0.05) is 56.0 Å². The summed E-state index contributed by atoms with van der Waals surface area (Å²) in [5, 5.41) is 0. The van der Waals surface area contributed by atoms with Gasteiger partial charge in [0.15, 0.2) is 0 Å². The molecule has 0 aromatic carbocycles. The lowest BCUT2D eigenvalue weighted by Crippen LogP contribution is -1.57. The third kappa shape index (κ3) is 8.96. The summed E-state index contributed by atoms with van der Waals surface area (Å²) in [7, 11) is 0. The minimum absolute atomic E-state index is 1.02. The van der Waals surface area contributed by atoms with Gasteiger partial charge in [-0.2, -0.15) is 0 Å². The molecular weight excluding hydrogens is 132 g/mol. The van der Waals surface area contributed by atoms with Crippen molar-refractivity contribution in [3.05, 3.63) is 49.1 Å². The largest absolute Gasteiger partial charge is 0.0991 e. The van der Waals surface area contributed by atoms with Crippen molar-refractivity contribution in [2.45, 2.75) is 19.8 Å². The summed E-state index contributed by atoms with van der Waals surface area (Å²) >= 11 is 0. The molecule has 0 bridgehead atoms. The summed E-state index contributed by atoms with van der Waals surface area (Å²) in [6.45, 7) is 5.71. The normalized spacial score (nSPS) is 12.1. The molecule has 0 aromatic heterocycles. The van der Waals surface area contributed by atoms with Gasteiger partial charge in [0.2, 0.25) is 0 Å². The minimum Gasteiger partial charge on any atom is -0.0991 e. The first kappa shape index (κ1) is 9.96. The first-order valence-corrected chi connectivity index (χ1v) is 4.01. The lowest BCUT2D eigenvalue weighted by molar-refractivity contribution is 1.20. The second kappa shape index (κ2) is 8.96. The molecule has 0 unspecified atom stereocenters. The molecule has 0 fully saturated rings. The standard InChI is InChI=1S/C11H16/c1-3-5-7-9-11-10-8-6-4-2/h3,5-9,11H,1,4,10H2,2H3/b7-5+,8-6-,11-9+. The van der Waals surface area contributed by atoms with Gasteiger partial charge >= 0.3 is 0 Å². The zero-order chi connectivity index (χ0) is 8.36. The van der Waals surface area contributed by atoms with Crippen molar-refractivity contribution in [1.82, 2.24) is 0 Å². The average Bonchev–Trinajstić information content (AvgIpc) is 2.03. The van der Waals surface area contributed by atoms with E-state index in [4.69, 9.17) is 0 Å². The molecule has 60 valence electrons. The molecule has 0 aliphatic heterocycles. The Bertz CT molecular complexity index is 159. The van der Waals surface area contributed by atoms with Crippen LogP contribution in [0.1, 0.15) is 19.8 Å². The molecule has 0 atom stereocenters. The second-order valence-electron chi connectivity index (χ2n) is 2.16. The van der Waals surface area contributed by atoms with Crippen LogP contribution in [0.4, 0.5) is 0 Å². The first-order valence-electron chi connectivity index (χ1n) is 4.01. The van der Waals surface area contributed by atoms with Crippen LogP contribution in [-0.2, 0) is 0 Å². The van der Waals surface area contributed by atoms with Crippen LogP contribution in [0.15, 0.2) is 49.1 Å². The average molecular weight is 148 g/mol. The van der Waals surface area contributed by atoms with E-state index < -0.39 is 0 Å². The second-order valence-corrected chi connectivity index (χ2v) is 2.16. The van der Waals surface area contributed by atoms with Gasteiger partial charge < -0.3 is 0 Å². The van der Waals surface area contributed by atoms with Crippen LogP contribution in [0.2, 0.25) is 0 Å². The summed E-state index contributed by atoms with van der Waals surface area (Å²) in [6, 6.07) is 0. The van der Waals surface area contributed by atoms with Gasteiger partial charge in [-0.15, -0.1) is 0 Å². The van der Waals surface area contributed by atoms with Crippen LogP contribution in [0.25, 0.3) is 0 Å². The van der Waals surface area contributed by atoms with Crippen molar-refractivity contribution in [2.24, 2.45) is 0 Å². The van der Waals surface area contributed by atoms with Crippen molar-refractivity contribution in [3.63, 3.8) is 0 Å². The highest BCUT2D eigenvalue weighted by atomic mass is 13.7. The van der Waals surface area contributed by atoms with Crippen molar-refractivity contribution in [1.29, 1.82) is 0 Å². The van der Waals surface area contributed by atoms with Crippen LogP contribution >= 0.6 is 0 Å². The quantitative estimate of drug-likeness (QED) is 0.412. The maximum Gasteiger partial charge on any atom is -0.0166 e. The van der Waals surface area contributed by atoms with Crippen molar-refractivity contribution in [2.75, 3.05) is 0 Å². The predicted octanol–water partition coefficient (Wildman–Crippen LogP) is 3.64. The minimum atomic E-state index is 1.02. The molecule has 11 heavy (non-hydrogen) atoms. The van der Waals surface area contributed by atoms with Crippen LogP contribution in [0, 0.1) is 0 Å². The third-order valence-corrected chi connectivity index (χ3v) is 1.17. The van der Waals surface area contributed by atoms with E-state index in [0.717, 1.165) is 12.8 Å². The molecule has 0 radical (unpaired) electrons. The van der Waals surface area contributed by atoms with Gasteiger partial charge in [-0.3, -0.25) is 0 Å². The molecule has 0 saturated carbocycles. The Morgan fingerprint density at radius 1 is 1.00 bits per heavy atom. The number of rotatable bonds is 5. The van der Waals surface area contributed by atoms with Gasteiger partial charge in [0.25, 0.3) is 0 Å². The summed E-state index contributed by atoms with van der Waals surface area (Å²) in [5.41, 5.74) is 0. The highest BCUT2D eigenvalue weighted by molar-refractivity contribution is 5.09. The highest BCUT2D eigenvalue weighted by Crippen LogP contribution is 1.88. The smallest absolute Gasteiger partial charge is 0.0166 e. The van der Waals surface area contributed by atoms with Crippen LogP contribution < -0.4 is 0 Å². The number of hydrogen-bond donors (Lipinski definition) is 0. The van der Waals surface area contributed by atoms with E-state index in [2.05, 4.69) is 31.7 Å². The topological polar surface area (TPSA) is 0 Å². The lowest BCUT2D eigenvalue weighted by atomic mass is 10.3. The van der Waals surface area contributed by atoms with Crippen LogP contribution in [0.5, 0.6) is 0 Å². The van der Waals surface area contributed by atoms with E-state index in [1.807, 2.05) is 18.2 Å².